The van der Waals surface area contributed by atoms with Crippen LogP contribution < -0.4 is 5.73 Å². The van der Waals surface area contributed by atoms with E-state index in [1.54, 1.807) is 6.20 Å². The monoisotopic (exact) mass is 125 g/mol. The number of rotatable bonds is 0. The van der Waals surface area contributed by atoms with Crippen molar-refractivity contribution in [1.29, 1.82) is 0 Å². The van der Waals surface area contributed by atoms with E-state index in [4.69, 9.17) is 0 Å². The van der Waals surface area contributed by atoms with Gasteiger partial charge in [0, 0.05) is 11.9 Å². The number of nitrogens with zero attached hydrogens (tertiary/aromatic N) is 2. The lowest BCUT2D eigenvalue weighted by Crippen LogP contribution is -1.77. The van der Waals surface area contributed by atoms with E-state index in [9.17, 15) is 0 Å². The highest BCUT2D eigenvalue weighted by atomic mass is 14.8. The maximum absolute atomic E-state index is 4.50. The summed E-state index contributed by atoms with van der Waals surface area (Å²) >= 11 is 0. The predicted octanol–water partition coefficient (Wildman–Crippen LogP) is 0.360. The minimum atomic E-state index is 1.01. The van der Waals surface area contributed by atoms with Crippen LogP contribution in [0.2, 0.25) is 0 Å². The topological polar surface area (TPSA) is 51.8 Å². The van der Waals surface area contributed by atoms with Gasteiger partial charge in [-0.15, -0.1) is 0 Å². The van der Waals surface area contributed by atoms with Gasteiger partial charge in [-0.2, -0.15) is 0 Å². The van der Waals surface area contributed by atoms with Crippen molar-refractivity contribution in [3.8, 4) is 0 Å². The van der Waals surface area contributed by atoms with Crippen LogP contribution in [0.25, 0.3) is 0 Å². The zero-order valence-corrected chi connectivity index (χ0v) is 5.70. The van der Waals surface area contributed by atoms with Crippen molar-refractivity contribution in [1.82, 2.24) is 9.97 Å². The Labute approximate surface area is 54.9 Å². The Morgan fingerprint density at radius 3 is 2.33 bits per heavy atom. The first-order chi connectivity index (χ1) is 4.39. The van der Waals surface area contributed by atoms with Gasteiger partial charge in [-0.1, -0.05) is 0 Å². The molecule has 3 heteroatoms. The van der Waals surface area contributed by atoms with Gasteiger partial charge in [0.25, 0.3) is 0 Å². The molecule has 9 heavy (non-hydrogen) atoms. The number of hydrogen-bond donors (Lipinski definition) is 1. The molecular weight excluding hydrogens is 114 g/mol. The molecule has 1 rings (SSSR count). The zero-order valence-electron chi connectivity index (χ0n) is 5.70. The van der Waals surface area contributed by atoms with Gasteiger partial charge in [0.15, 0.2) is 0 Å². The molecule has 0 aliphatic rings. The average molecular weight is 125 g/mol. The number of nitrogens with two attached hydrogens (primary N) is 1. The molecule has 0 radical (unpaired) electrons. The molecule has 0 fully saturated rings. The number of hydrogen-bond acceptors (Lipinski definition) is 3. The van der Waals surface area contributed by atoms with E-state index in [2.05, 4.69) is 15.7 Å². The van der Waals surface area contributed by atoms with Crippen LogP contribution in [-0.4, -0.2) is 17.0 Å². The van der Waals surface area contributed by atoms with Crippen LogP contribution >= 0.6 is 0 Å². The third-order valence-corrected chi connectivity index (χ3v) is 0.730. The summed E-state index contributed by atoms with van der Waals surface area (Å²) in [5, 5.41) is 0. The van der Waals surface area contributed by atoms with E-state index < -0.39 is 0 Å². The third kappa shape index (κ3) is 3.61. The van der Waals surface area contributed by atoms with E-state index in [1.165, 1.54) is 13.4 Å². The molecule has 3 nitrogen and oxygen atoms in total. The first-order valence-electron chi connectivity index (χ1n) is 2.70. The van der Waals surface area contributed by atoms with Gasteiger partial charge in [0.1, 0.15) is 6.33 Å². The molecule has 0 aliphatic carbocycles. The van der Waals surface area contributed by atoms with Crippen molar-refractivity contribution < 1.29 is 0 Å². The Morgan fingerprint density at radius 1 is 1.44 bits per heavy atom. The molecule has 0 amide bonds. The molecule has 0 aliphatic heterocycles. The fourth-order valence-electron chi connectivity index (χ4n) is 0.357. The Bertz CT molecular complexity index is 138. The summed E-state index contributed by atoms with van der Waals surface area (Å²) in [6.07, 6.45) is 3.26. The van der Waals surface area contributed by atoms with E-state index >= 15 is 0 Å². The standard InChI is InChI=1S/C5H6N2.CH5N/c1-5-2-3-6-4-7-5;1-2/h2-4H,1H3;2H2,1H3. The molecule has 0 spiro atoms. The fourth-order valence-corrected chi connectivity index (χ4v) is 0.357. The Morgan fingerprint density at radius 2 is 2.11 bits per heavy atom. The normalized spacial score (nSPS) is 7.44. The largest absolute Gasteiger partial charge is 0.333 e. The maximum atomic E-state index is 4.50. The van der Waals surface area contributed by atoms with Crippen molar-refractivity contribution in [2.24, 2.45) is 5.73 Å². The molecular formula is C6H11N3. The Hall–Kier alpha value is -0.960. The second kappa shape index (κ2) is 5.18. The lowest BCUT2D eigenvalue weighted by Gasteiger charge is -1.81. The predicted molar refractivity (Wildman–Crippen MR) is 36.9 cm³/mol. The van der Waals surface area contributed by atoms with E-state index in [0.717, 1.165) is 5.69 Å². The van der Waals surface area contributed by atoms with Crippen LogP contribution in [-0.2, 0) is 0 Å². The molecule has 0 bridgehead atoms. The van der Waals surface area contributed by atoms with E-state index in [0.29, 0.717) is 0 Å². The van der Waals surface area contributed by atoms with Crippen molar-refractivity contribution in [2.45, 2.75) is 6.92 Å². The van der Waals surface area contributed by atoms with Crippen molar-refractivity contribution in [3.05, 3.63) is 24.3 Å². The molecule has 2 N–H and O–H groups in total. The van der Waals surface area contributed by atoms with Crippen molar-refractivity contribution in [3.63, 3.8) is 0 Å². The minimum absolute atomic E-state index is 1.01. The molecule has 0 unspecified atom stereocenters. The Balaban J connectivity index is 0.000000291. The highest BCUT2D eigenvalue weighted by molar-refractivity contribution is 4.92. The van der Waals surface area contributed by atoms with Crippen LogP contribution in [0.5, 0.6) is 0 Å². The van der Waals surface area contributed by atoms with Gasteiger partial charge < -0.3 is 5.73 Å². The quantitative estimate of drug-likeness (QED) is 0.544. The summed E-state index contributed by atoms with van der Waals surface area (Å²) in [5.41, 5.74) is 5.51. The molecule has 1 aromatic heterocycles. The van der Waals surface area contributed by atoms with Crippen molar-refractivity contribution in [2.75, 3.05) is 7.05 Å². The zero-order chi connectivity index (χ0) is 7.11. The van der Waals surface area contributed by atoms with Crippen LogP contribution in [0, 0.1) is 6.92 Å². The van der Waals surface area contributed by atoms with Crippen LogP contribution in [0.4, 0.5) is 0 Å². The Kier molecular flexibility index (Phi) is 4.63. The lowest BCUT2D eigenvalue weighted by atomic mass is 10.5. The van der Waals surface area contributed by atoms with Crippen LogP contribution in [0.1, 0.15) is 5.69 Å². The van der Waals surface area contributed by atoms with Gasteiger partial charge in [0.05, 0.1) is 0 Å². The smallest absolute Gasteiger partial charge is 0.115 e. The van der Waals surface area contributed by atoms with Gasteiger partial charge in [-0.3, -0.25) is 0 Å². The van der Waals surface area contributed by atoms with E-state index in [1.807, 2.05) is 13.0 Å². The summed E-state index contributed by atoms with van der Waals surface area (Å²) in [6.45, 7) is 1.93. The van der Waals surface area contributed by atoms with Gasteiger partial charge in [0.2, 0.25) is 0 Å². The summed E-state index contributed by atoms with van der Waals surface area (Å²) in [6, 6.07) is 1.86. The average Bonchev–Trinajstić information content (AvgIpc) is 1.94. The van der Waals surface area contributed by atoms with E-state index in [-0.39, 0.29) is 0 Å². The molecule has 0 saturated heterocycles. The van der Waals surface area contributed by atoms with Crippen molar-refractivity contribution >= 4 is 0 Å². The molecule has 0 atom stereocenters. The third-order valence-electron chi connectivity index (χ3n) is 0.730. The summed E-state index contributed by atoms with van der Waals surface area (Å²) in [5.74, 6) is 0. The summed E-state index contributed by atoms with van der Waals surface area (Å²) in [4.78, 5) is 7.60. The minimum Gasteiger partial charge on any atom is -0.333 e. The van der Waals surface area contributed by atoms with Crippen LogP contribution in [0.3, 0.4) is 0 Å². The molecule has 1 aromatic rings. The lowest BCUT2D eigenvalue weighted by molar-refractivity contribution is 1.10. The van der Waals surface area contributed by atoms with Gasteiger partial charge in [-0.05, 0) is 20.0 Å². The highest BCUT2D eigenvalue weighted by Crippen LogP contribution is 1.82. The van der Waals surface area contributed by atoms with Crippen LogP contribution in [0.15, 0.2) is 18.6 Å². The summed E-state index contributed by atoms with van der Waals surface area (Å²) in [7, 11) is 1.50. The molecule has 0 aromatic carbocycles. The first kappa shape index (κ1) is 8.04. The first-order valence-corrected chi connectivity index (χ1v) is 2.70. The highest BCUT2D eigenvalue weighted by Gasteiger charge is 1.74. The summed E-state index contributed by atoms with van der Waals surface area (Å²) < 4.78 is 0. The SMILES string of the molecule is CN.Cc1ccncn1. The maximum Gasteiger partial charge on any atom is 0.115 e. The second-order valence-electron chi connectivity index (χ2n) is 1.35. The fraction of sp³-hybridized carbons (Fsp3) is 0.333. The second-order valence-corrected chi connectivity index (χ2v) is 1.35. The molecule has 1 heterocycles. The molecule has 0 saturated carbocycles. The number of aromatic nitrogens is 2. The van der Waals surface area contributed by atoms with Gasteiger partial charge in [-0.25, -0.2) is 9.97 Å². The van der Waals surface area contributed by atoms with Gasteiger partial charge >= 0.3 is 0 Å². The number of aryl methyl sites for hydroxylation is 1. The molecule has 50 valence electrons.